The highest BCUT2D eigenvalue weighted by molar-refractivity contribution is 6.01. The van der Waals surface area contributed by atoms with Crippen molar-refractivity contribution in [1.29, 1.82) is 0 Å². The Hall–Kier alpha value is -2.14. The van der Waals surface area contributed by atoms with Crippen LogP contribution in [0.25, 0.3) is 0 Å². The first-order valence-corrected chi connectivity index (χ1v) is 9.37. The van der Waals surface area contributed by atoms with Gasteiger partial charge >= 0.3 is 0 Å². The van der Waals surface area contributed by atoms with Crippen molar-refractivity contribution in [2.24, 2.45) is 28.2 Å². The molecule has 4 fully saturated rings. The summed E-state index contributed by atoms with van der Waals surface area (Å²) in [5, 5.41) is 0. The van der Waals surface area contributed by atoms with Crippen LogP contribution < -0.4 is 0 Å². The van der Waals surface area contributed by atoms with Gasteiger partial charge in [-0.2, -0.15) is 0 Å². The van der Waals surface area contributed by atoms with Crippen LogP contribution in [0.15, 0.2) is 41.9 Å². The van der Waals surface area contributed by atoms with E-state index in [1.807, 2.05) is 30.2 Å². The lowest BCUT2D eigenvalue weighted by molar-refractivity contribution is -0.159. The van der Waals surface area contributed by atoms with Crippen molar-refractivity contribution < 1.29 is 14.3 Å². The van der Waals surface area contributed by atoms with Gasteiger partial charge in [-0.3, -0.25) is 4.79 Å². The zero-order valence-corrected chi connectivity index (χ0v) is 15.0. The number of hydrogen-bond donors (Lipinski definition) is 0. The molecule has 26 heavy (non-hydrogen) atoms. The smallest absolute Gasteiger partial charge is 0.233 e. The van der Waals surface area contributed by atoms with E-state index in [-0.39, 0.29) is 24.0 Å². The number of methoxy groups -OCH3 is 1. The largest absolute Gasteiger partial charge is 0.483 e. The molecule has 5 nitrogen and oxygen atoms in total. The van der Waals surface area contributed by atoms with Gasteiger partial charge in [0.05, 0.1) is 30.9 Å². The zero-order chi connectivity index (χ0) is 17.8. The van der Waals surface area contributed by atoms with Crippen LogP contribution in [0, 0.1) is 23.2 Å². The molecule has 1 aromatic rings. The second-order valence-corrected chi connectivity index (χ2v) is 8.36. The molecule has 0 aromatic heterocycles. The predicted octanol–water partition coefficient (Wildman–Crippen LogP) is 2.29. The van der Waals surface area contributed by atoms with Crippen molar-refractivity contribution in [2.45, 2.75) is 24.0 Å². The van der Waals surface area contributed by atoms with E-state index < -0.39 is 10.8 Å². The minimum Gasteiger partial charge on any atom is -0.483 e. The van der Waals surface area contributed by atoms with E-state index in [2.05, 4.69) is 18.7 Å². The number of piperidine rings is 1. The molecule has 1 aromatic carbocycles. The first kappa shape index (κ1) is 15.0. The molecule has 1 spiro atoms. The number of hydrogen-bond acceptors (Lipinski definition) is 4. The first-order chi connectivity index (χ1) is 12.6. The van der Waals surface area contributed by atoms with Crippen LogP contribution in [0.4, 0.5) is 5.69 Å². The Morgan fingerprint density at radius 2 is 2.23 bits per heavy atom. The Morgan fingerprint density at radius 1 is 1.42 bits per heavy atom. The molecule has 6 rings (SSSR count). The lowest BCUT2D eigenvalue weighted by Gasteiger charge is -2.54. The van der Waals surface area contributed by atoms with Gasteiger partial charge in [-0.15, -0.1) is 6.58 Å². The summed E-state index contributed by atoms with van der Waals surface area (Å²) in [7, 11) is 3.63. The summed E-state index contributed by atoms with van der Waals surface area (Å²) < 4.78 is 12.3. The summed E-state index contributed by atoms with van der Waals surface area (Å²) >= 11 is 0. The van der Waals surface area contributed by atoms with Gasteiger partial charge in [0.2, 0.25) is 11.8 Å². The summed E-state index contributed by atoms with van der Waals surface area (Å²) in [6.07, 6.45) is 2.80. The average Bonchev–Trinajstić information content (AvgIpc) is 3.16. The molecule has 0 radical (unpaired) electrons. The summed E-state index contributed by atoms with van der Waals surface area (Å²) in [4.78, 5) is 20.2. The standard InChI is InChI=1S/C21H22N2O3/c1-4-20-13-9-15-21(12-7-5-6-8-14(12)22-18(21)25-3)17(20)16(11(13)10-26-15)23(2)19(20)24/h4-8,11,13,15-17H,1,9-10H2,2-3H3. The number of amides is 1. The number of aliphatic imine (C=N–C) groups is 1. The molecule has 1 amide bonds. The van der Waals surface area contributed by atoms with Crippen LogP contribution in [0.5, 0.6) is 0 Å². The SMILES string of the molecule is C=CC12C(=O)N(C)C3C4COC(CC41)C1(C(OC)=Nc4ccccc41)C32. The molecule has 7 atom stereocenters. The maximum atomic E-state index is 13.4. The van der Waals surface area contributed by atoms with Crippen molar-refractivity contribution in [2.75, 3.05) is 20.8 Å². The fourth-order valence-electron chi connectivity index (χ4n) is 7.30. The lowest BCUT2D eigenvalue weighted by atomic mass is 9.51. The van der Waals surface area contributed by atoms with E-state index in [1.165, 1.54) is 0 Å². The minimum absolute atomic E-state index is 0.00604. The Balaban J connectivity index is 1.71. The fraction of sp³-hybridized carbons (Fsp3) is 0.524. The molecule has 3 aliphatic heterocycles. The van der Waals surface area contributed by atoms with E-state index in [9.17, 15) is 4.79 Å². The second-order valence-electron chi connectivity index (χ2n) is 8.36. The van der Waals surface area contributed by atoms with E-state index >= 15 is 0 Å². The summed E-state index contributed by atoms with van der Waals surface area (Å²) in [6, 6.07) is 8.37. The highest BCUT2D eigenvalue weighted by Gasteiger charge is 2.82. The maximum absolute atomic E-state index is 13.4. The zero-order valence-electron chi connectivity index (χ0n) is 15.0. The summed E-state index contributed by atoms with van der Waals surface area (Å²) in [5.74, 6) is 1.65. The minimum atomic E-state index is -0.541. The molecule has 5 bridgehead atoms. The molecule has 5 aliphatic rings. The van der Waals surface area contributed by atoms with Crippen LogP contribution >= 0.6 is 0 Å². The Labute approximate surface area is 152 Å². The number of para-hydroxylation sites is 1. The van der Waals surface area contributed by atoms with Gasteiger partial charge in [0.25, 0.3) is 0 Å². The van der Waals surface area contributed by atoms with E-state index in [1.54, 1.807) is 7.11 Å². The number of carbonyl (C=O) groups is 1. The van der Waals surface area contributed by atoms with Crippen molar-refractivity contribution in [3.8, 4) is 0 Å². The number of likely N-dealkylation sites (tertiary alicyclic amines) is 1. The predicted molar refractivity (Wildman–Crippen MR) is 96.2 cm³/mol. The normalized spacial score (nSPS) is 46.7. The van der Waals surface area contributed by atoms with Crippen molar-refractivity contribution in [3.63, 3.8) is 0 Å². The van der Waals surface area contributed by atoms with Crippen molar-refractivity contribution in [1.82, 2.24) is 4.90 Å². The Bertz CT molecular complexity index is 895. The van der Waals surface area contributed by atoms with Crippen LogP contribution in [0.2, 0.25) is 0 Å². The quantitative estimate of drug-likeness (QED) is 0.730. The molecule has 2 aliphatic carbocycles. The number of ether oxygens (including phenoxy) is 2. The average molecular weight is 350 g/mol. The number of benzene rings is 1. The third-order valence-electron chi connectivity index (χ3n) is 7.98. The fourth-order valence-corrected chi connectivity index (χ4v) is 7.30. The number of rotatable bonds is 1. The van der Waals surface area contributed by atoms with Gasteiger partial charge in [-0.1, -0.05) is 24.3 Å². The topological polar surface area (TPSA) is 51.1 Å². The molecular formula is C21H22N2O3. The van der Waals surface area contributed by atoms with E-state index in [4.69, 9.17) is 14.5 Å². The van der Waals surface area contributed by atoms with Crippen LogP contribution in [-0.2, 0) is 19.7 Å². The molecule has 2 saturated carbocycles. The molecule has 7 unspecified atom stereocenters. The van der Waals surface area contributed by atoms with Crippen LogP contribution in [0.1, 0.15) is 12.0 Å². The highest BCUT2D eigenvalue weighted by atomic mass is 16.5. The highest BCUT2D eigenvalue weighted by Crippen LogP contribution is 2.74. The molecule has 2 saturated heterocycles. The van der Waals surface area contributed by atoms with Crippen LogP contribution in [-0.4, -0.2) is 49.6 Å². The third kappa shape index (κ3) is 1.20. The van der Waals surface area contributed by atoms with Gasteiger partial charge in [-0.25, -0.2) is 4.99 Å². The van der Waals surface area contributed by atoms with Crippen LogP contribution in [0.3, 0.4) is 0 Å². The maximum Gasteiger partial charge on any atom is 0.233 e. The van der Waals surface area contributed by atoms with Gasteiger partial charge in [0.15, 0.2) is 0 Å². The van der Waals surface area contributed by atoms with Gasteiger partial charge in [-0.05, 0) is 24.0 Å². The van der Waals surface area contributed by atoms with Crippen molar-refractivity contribution in [3.05, 3.63) is 42.5 Å². The number of fused-ring (bicyclic) bond motifs is 5. The Kier molecular flexibility index (Phi) is 2.53. The second kappa shape index (κ2) is 4.39. The summed E-state index contributed by atoms with van der Waals surface area (Å²) in [6.45, 7) is 4.85. The van der Waals surface area contributed by atoms with Gasteiger partial charge in [0.1, 0.15) is 5.41 Å². The Morgan fingerprint density at radius 3 is 3.00 bits per heavy atom. The molecule has 5 heteroatoms. The number of nitrogens with zero attached hydrogens (tertiary/aromatic N) is 2. The van der Waals surface area contributed by atoms with Crippen molar-refractivity contribution >= 4 is 17.5 Å². The molecular weight excluding hydrogens is 328 g/mol. The summed E-state index contributed by atoms with van der Waals surface area (Å²) in [5.41, 5.74) is 1.04. The van der Waals surface area contributed by atoms with Gasteiger partial charge in [0, 0.05) is 24.9 Å². The van der Waals surface area contributed by atoms with Gasteiger partial charge < -0.3 is 14.4 Å². The number of carbonyl (C=O) groups excluding carboxylic acids is 1. The molecule has 0 N–H and O–H groups in total. The van der Waals surface area contributed by atoms with E-state index in [0.717, 1.165) is 17.7 Å². The third-order valence-corrected chi connectivity index (χ3v) is 7.98. The lowest BCUT2D eigenvalue weighted by Crippen LogP contribution is -2.63. The molecule has 3 heterocycles. The monoisotopic (exact) mass is 350 g/mol. The first-order valence-electron chi connectivity index (χ1n) is 9.37. The molecule has 134 valence electrons. The van der Waals surface area contributed by atoms with E-state index in [0.29, 0.717) is 24.3 Å².